The van der Waals surface area contributed by atoms with Crippen LogP contribution in [-0.2, 0) is 16.0 Å². The lowest BCUT2D eigenvalue weighted by molar-refractivity contribution is -0.127. The second-order valence-corrected chi connectivity index (χ2v) is 7.84. The van der Waals surface area contributed by atoms with Gasteiger partial charge in [0.25, 0.3) is 5.91 Å². The molecule has 0 aliphatic carbocycles. The van der Waals surface area contributed by atoms with Gasteiger partial charge in [0.1, 0.15) is 11.8 Å². The van der Waals surface area contributed by atoms with Crippen LogP contribution < -0.4 is 15.4 Å². The van der Waals surface area contributed by atoms with Gasteiger partial charge in [-0.05, 0) is 49.0 Å². The van der Waals surface area contributed by atoms with E-state index in [0.717, 1.165) is 17.1 Å². The van der Waals surface area contributed by atoms with Crippen molar-refractivity contribution in [1.29, 1.82) is 0 Å². The summed E-state index contributed by atoms with van der Waals surface area (Å²) < 4.78 is 5.12. The Balaban J connectivity index is 1.79. The maximum Gasteiger partial charge on any atom is 0.324 e. The number of rotatable bonds is 12. The molecule has 8 nitrogen and oxygen atoms in total. The highest BCUT2D eigenvalue weighted by Gasteiger charge is 2.37. The lowest BCUT2D eigenvalue weighted by atomic mass is 10.1. The number of methoxy groups -OCH3 is 1. The zero-order valence-electron chi connectivity index (χ0n) is 16.8. The summed E-state index contributed by atoms with van der Waals surface area (Å²) in [5.74, 6) is 1.05. The van der Waals surface area contributed by atoms with Crippen molar-refractivity contribution in [3.63, 3.8) is 0 Å². The molecule has 1 aliphatic heterocycles. The van der Waals surface area contributed by atoms with Crippen molar-refractivity contribution in [1.82, 2.24) is 15.5 Å². The van der Waals surface area contributed by atoms with Crippen molar-refractivity contribution in [2.24, 2.45) is 0 Å². The first-order chi connectivity index (χ1) is 14.0. The fourth-order valence-corrected chi connectivity index (χ4v) is 3.58. The Morgan fingerprint density at radius 3 is 2.69 bits per heavy atom. The molecular weight excluding hydrogens is 394 g/mol. The Hall–Kier alpha value is -2.26. The third-order valence-corrected chi connectivity index (χ3v) is 5.45. The van der Waals surface area contributed by atoms with Crippen molar-refractivity contribution in [2.45, 2.75) is 37.8 Å². The van der Waals surface area contributed by atoms with Gasteiger partial charge < -0.3 is 20.5 Å². The van der Waals surface area contributed by atoms with Gasteiger partial charge in [-0.15, -0.1) is 0 Å². The molecule has 3 N–H and O–H groups in total. The number of amides is 4. The first-order valence-corrected chi connectivity index (χ1v) is 11.0. The average molecular weight is 424 g/mol. The highest BCUT2D eigenvalue weighted by Crippen LogP contribution is 2.15. The molecule has 0 bridgehead atoms. The molecular formula is C20H29N3O5S. The molecule has 29 heavy (non-hydrogen) atoms. The number of nitrogens with zero attached hydrogens (tertiary/aromatic N) is 1. The maximum atomic E-state index is 12.5. The minimum Gasteiger partial charge on any atom is -0.497 e. The van der Waals surface area contributed by atoms with Crippen LogP contribution in [0, 0.1) is 0 Å². The molecule has 1 fully saturated rings. The maximum absolute atomic E-state index is 12.5. The number of hydrogen-bond donors (Lipinski definition) is 3. The number of benzene rings is 1. The SMILES string of the molecule is COc1ccc(CCN2C(=O)N[C@@H](CCC(=O)N[C@@H](CO)CCSC)C2=O)cc1. The minimum atomic E-state index is -0.692. The number of thioether (sulfide) groups is 1. The summed E-state index contributed by atoms with van der Waals surface area (Å²) in [7, 11) is 1.59. The molecule has 2 rings (SSSR count). The molecule has 9 heteroatoms. The second-order valence-electron chi connectivity index (χ2n) is 6.86. The zero-order chi connectivity index (χ0) is 21.2. The summed E-state index contributed by atoms with van der Waals surface area (Å²) in [5, 5.41) is 14.7. The molecule has 4 amide bonds. The number of hydrogen-bond acceptors (Lipinski definition) is 6. The van der Waals surface area contributed by atoms with E-state index in [1.54, 1.807) is 18.9 Å². The Labute approximate surface area is 175 Å². The molecule has 1 aliphatic rings. The summed E-state index contributed by atoms with van der Waals surface area (Å²) in [4.78, 5) is 37.9. The van der Waals surface area contributed by atoms with Crippen molar-refractivity contribution < 1.29 is 24.2 Å². The van der Waals surface area contributed by atoms with Gasteiger partial charge in [-0.2, -0.15) is 11.8 Å². The lowest BCUT2D eigenvalue weighted by Crippen LogP contribution is -2.39. The predicted octanol–water partition coefficient (Wildman–Crippen LogP) is 1.17. The Bertz CT molecular complexity index is 698. The second kappa shape index (κ2) is 11.7. The quantitative estimate of drug-likeness (QED) is 0.436. The van der Waals surface area contributed by atoms with E-state index < -0.39 is 12.1 Å². The predicted molar refractivity (Wildman–Crippen MR) is 112 cm³/mol. The number of aliphatic hydroxyl groups is 1. The van der Waals surface area contributed by atoms with Crippen molar-refractivity contribution >= 4 is 29.6 Å². The number of ether oxygens (including phenoxy) is 1. The van der Waals surface area contributed by atoms with Gasteiger partial charge in [-0.1, -0.05) is 12.1 Å². The summed E-state index contributed by atoms with van der Waals surface area (Å²) in [5.41, 5.74) is 0.995. The van der Waals surface area contributed by atoms with Crippen LogP contribution in [0.4, 0.5) is 4.79 Å². The van der Waals surface area contributed by atoms with Gasteiger partial charge in [0.05, 0.1) is 19.8 Å². The molecule has 0 saturated carbocycles. The van der Waals surface area contributed by atoms with Crippen LogP contribution in [0.1, 0.15) is 24.8 Å². The molecule has 1 aromatic rings. The number of carbonyl (C=O) groups excluding carboxylic acids is 3. The van der Waals surface area contributed by atoms with Crippen LogP contribution in [0.3, 0.4) is 0 Å². The number of imide groups is 1. The number of nitrogens with one attached hydrogen (secondary N) is 2. The molecule has 1 aromatic carbocycles. The molecule has 0 aromatic heterocycles. The van der Waals surface area contributed by atoms with Crippen molar-refractivity contribution in [2.75, 3.05) is 32.3 Å². The third-order valence-electron chi connectivity index (χ3n) is 4.81. The van der Waals surface area contributed by atoms with Crippen LogP contribution in [-0.4, -0.2) is 72.2 Å². The lowest BCUT2D eigenvalue weighted by Gasteiger charge is -2.16. The van der Waals surface area contributed by atoms with Crippen LogP contribution in [0.2, 0.25) is 0 Å². The van der Waals surface area contributed by atoms with E-state index in [9.17, 15) is 19.5 Å². The van der Waals surface area contributed by atoms with Gasteiger partial charge in [-0.25, -0.2) is 4.79 Å². The van der Waals surface area contributed by atoms with Gasteiger partial charge in [0, 0.05) is 13.0 Å². The van der Waals surface area contributed by atoms with E-state index in [-0.39, 0.29) is 43.8 Å². The highest BCUT2D eigenvalue weighted by atomic mass is 32.2. The molecule has 1 heterocycles. The van der Waals surface area contributed by atoms with Crippen molar-refractivity contribution in [3.05, 3.63) is 29.8 Å². The van der Waals surface area contributed by atoms with Crippen molar-refractivity contribution in [3.8, 4) is 5.75 Å². The Kier molecular flexibility index (Phi) is 9.27. The first kappa shape index (κ1) is 23.0. The molecule has 1 saturated heterocycles. The summed E-state index contributed by atoms with van der Waals surface area (Å²) >= 11 is 1.65. The zero-order valence-corrected chi connectivity index (χ0v) is 17.7. The number of urea groups is 1. The minimum absolute atomic E-state index is 0.110. The van der Waals surface area contributed by atoms with E-state index in [2.05, 4.69) is 10.6 Å². The fraction of sp³-hybridized carbons (Fsp3) is 0.550. The largest absolute Gasteiger partial charge is 0.497 e. The van der Waals surface area contributed by atoms with E-state index >= 15 is 0 Å². The molecule has 0 radical (unpaired) electrons. The van der Waals surface area contributed by atoms with Gasteiger partial charge in [-0.3, -0.25) is 14.5 Å². The van der Waals surface area contributed by atoms with Crippen LogP contribution in [0.25, 0.3) is 0 Å². The topological polar surface area (TPSA) is 108 Å². The summed E-state index contributed by atoms with van der Waals surface area (Å²) in [6.07, 6.45) is 3.53. The molecule has 0 unspecified atom stereocenters. The average Bonchev–Trinajstić information content (AvgIpc) is 3.01. The molecule has 160 valence electrons. The smallest absolute Gasteiger partial charge is 0.324 e. The number of carbonyl (C=O) groups is 3. The van der Waals surface area contributed by atoms with Crippen LogP contribution in [0.5, 0.6) is 5.75 Å². The van der Waals surface area contributed by atoms with E-state index in [0.29, 0.717) is 12.8 Å². The fourth-order valence-electron chi connectivity index (χ4n) is 3.06. The molecule has 0 spiro atoms. The van der Waals surface area contributed by atoms with E-state index in [1.165, 1.54) is 4.90 Å². The van der Waals surface area contributed by atoms with Gasteiger partial charge >= 0.3 is 6.03 Å². The third kappa shape index (κ3) is 6.93. The Morgan fingerprint density at radius 1 is 1.34 bits per heavy atom. The van der Waals surface area contributed by atoms with Crippen LogP contribution >= 0.6 is 11.8 Å². The Morgan fingerprint density at radius 2 is 2.07 bits per heavy atom. The van der Waals surface area contributed by atoms with Gasteiger partial charge in [0.2, 0.25) is 5.91 Å². The standard InChI is InChI=1S/C20H29N3O5S/c1-28-16-5-3-14(4-6-16)9-11-23-19(26)17(22-20(23)27)7-8-18(25)21-15(13-24)10-12-29-2/h3-6,15,17,24H,7-13H2,1-2H3,(H,21,25)(H,22,27)/t15-,17+/m1/s1. The highest BCUT2D eigenvalue weighted by molar-refractivity contribution is 7.98. The summed E-state index contributed by atoms with van der Waals surface area (Å²) in [6.45, 7) is 0.158. The number of aliphatic hydroxyl groups excluding tert-OH is 1. The summed E-state index contributed by atoms with van der Waals surface area (Å²) in [6, 6.07) is 6.06. The molecule has 2 atom stereocenters. The van der Waals surface area contributed by atoms with Gasteiger partial charge in [0.15, 0.2) is 0 Å². The van der Waals surface area contributed by atoms with Crippen LogP contribution in [0.15, 0.2) is 24.3 Å². The van der Waals surface area contributed by atoms with E-state index in [4.69, 9.17) is 4.74 Å². The normalized spacial score (nSPS) is 17.2. The monoisotopic (exact) mass is 423 g/mol. The first-order valence-electron chi connectivity index (χ1n) is 9.62. The van der Waals surface area contributed by atoms with E-state index in [1.807, 2.05) is 30.5 Å².